The Morgan fingerprint density at radius 1 is 0.538 bits per heavy atom. The molecule has 0 aliphatic heterocycles. The number of carbonyl (C=O) groups is 1. The molecule has 0 saturated heterocycles. The van der Waals surface area contributed by atoms with Crippen LogP contribution in [-0.4, -0.2) is 6.29 Å². The van der Waals surface area contributed by atoms with Gasteiger partial charge in [-0.1, -0.05) is 116 Å². The fraction of sp³-hybridized carbons (Fsp3) is 0.880. The van der Waals surface area contributed by atoms with Crippen molar-refractivity contribution in [3.05, 3.63) is 12.2 Å². The van der Waals surface area contributed by atoms with Gasteiger partial charge in [0.25, 0.3) is 0 Å². The molecule has 1 heteroatoms. The monoisotopic (exact) mass is 364 g/mol. The third-order valence-corrected chi connectivity index (χ3v) is 5.47. The van der Waals surface area contributed by atoms with Gasteiger partial charge >= 0.3 is 0 Å². The van der Waals surface area contributed by atoms with Crippen LogP contribution in [0.3, 0.4) is 0 Å². The highest BCUT2D eigenvalue weighted by Crippen LogP contribution is 2.16. The van der Waals surface area contributed by atoms with Gasteiger partial charge in [0.15, 0.2) is 0 Å². The predicted octanol–water partition coefficient (Wildman–Crippen LogP) is 8.81. The van der Waals surface area contributed by atoms with Crippen molar-refractivity contribution in [2.45, 2.75) is 136 Å². The highest BCUT2D eigenvalue weighted by molar-refractivity contribution is 5.53. The third-order valence-electron chi connectivity index (χ3n) is 5.47. The summed E-state index contributed by atoms with van der Waals surface area (Å²) in [5.41, 5.74) is 0. The normalized spacial score (nSPS) is 12.7. The van der Waals surface area contributed by atoms with Gasteiger partial charge in [-0.05, 0) is 32.1 Å². The summed E-state index contributed by atoms with van der Waals surface area (Å²) in [6.45, 7) is 4.53. The van der Waals surface area contributed by atoms with Gasteiger partial charge in [-0.3, -0.25) is 0 Å². The van der Waals surface area contributed by atoms with Gasteiger partial charge in [0.05, 0.1) is 0 Å². The van der Waals surface area contributed by atoms with E-state index < -0.39 is 0 Å². The maximum atomic E-state index is 11.2. The number of hydrogen-bond acceptors (Lipinski definition) is 1. The van der Waals surface area contributed by atoms with E-state index in [1.54, 1.807) is 0 Å². The lowest BCUT2D eigenvalue weighted by molar-refractivity contribution is -0.111. The Bertz CT molecular complexity index is 295. The van der Waals surface area contributed by atoms with Crippen LogP contribution in [0.4, 0.5) is 0 Å². The van der Waals surface area contributed by atoms with Crippen LogP contribution < -0.4 is 0 Å². The second-order valence-corrected chi connectivity index (χ2v) is 8.12. The van der Waals surface area contributed by atoms with Crippen LogP contribution in [0.15, 0.2) is 12.2 Å². The molecule has 0 aliphatic rings. The molecule has 0 N–H and O–H groups in total. The van der Waals surface area contributed by atoms with Crippen LogP contribution in [0.1, 0.15) is 136 Å². The molecule has 0 aromatic heterocycles. The van der Waals surface area contributed by atoms with E-state index in [4.69, 9.17) is 0 Å². The Labute approximate surface area is 165 Å². The summed E-state index contributed by atoms with van der Waals surface area (Å²) in [7, 11) is 0. The van der Waals surface area contributed by atoms with E-state index in [9.17, 15) is 4.79 Å². The van der Waals surface area contributed by atoms with Crippen LogP contribution in [0.2, 0.25) is 0 Å². The summed E-state index contributed by atoms with van der Waals surface area (Å²) in [6.07, 6.45) is 30.8. The van der Waals surface area contributed by atoms with Gasteiger partial charge in [0.2, 0.25) is 0 Å². The highest BCUT2D eigenvalue weighted by atomic mass is 16.1. The summed E-state index contributed by atoms with van der Waals surface area (Å²) >= 11 is 0. The van der Waals surface area contributed by atoms with E-state index in [0.29, 0.717) is 5.92 Å². The zero-order valence-electron chi connectivity index (χ0n) is 18.2. The van der Waals surface area contributed by atoms with Crippen LogP contribution in [0, 0.1) is 5.92 Å². The van der Waals surface area contributed by atoms with Crippen molar-refractivity contribution in [2.75, 3.05) is 0 Å². The van der Waals surface area contributed by atoms with E-state index >= 15 is 0 Å². The molecule has 0 fully saturated rings. The quantitative estimate of drug-likeness (QED) is 0.113. The third kappa shape index (κ3) is 19.7. The topological polar surface area (TPSA) is 17.1 Å². The average Bonchev–Trinajstić information content (AvgIpc) is 2.66. The number of unbranched alkanes of at least 4 members (excludes halogenated alkanes) is 14. The molecule has 0 bridgehead atoms. The van der Waals surface area contributed by atoms with Crippen molar-refractivity contribution in [2.24, 2.45) is 5.92 Å². The Balaban J connectivity index is 3.34. The second kappa shape index (κ2) is 22.5. The Morgan fingerprint density at radius 3 is 1.54 bits per heavy atom. The molecule has 0 aliphatic carbocycles. The van der Waals surface area contributed by atoms with Gasteiger partial charge in [0, 0.05) is 5.92 Å². The molecule has 1 unspecified atom stereocenters. The molecule has 0 spiro atoms. The van der Waals surface area contributed by atoms with Crippen molar-refractivity contribution < 1.29 is 4.79 Å². The van der Waals surface area contributed by atoms with Crippen molar-refractivity contribution in [1.82, 2.24) is 0 Å². The van der Waals surface area contributed by atoms with Gasteiger partial charge < -0.3 is 4.79 Å². The van der Waals surface area contributed by atoms with Gasteiger partial charge in [-0.2, -0.15) is 0 Å². The van der Waals surface area contributed by atoms with Gasteiger partial charge in [-0.25, -0.2) is 0 Å². The van der Waals surface area contributed by atoms with E-state index in [2.05, 4.69) is 26.0 Å². The Hall–Kier alpha value is -0.590. The summed E-state index contributed by atoms with van der Waals surface area (Å²) in [6, 6.07) is 0. The molecule has 0 heterocycles. The first-order chi connectivity index (χ1) is 12.8. The molecular formula is C25H48O. The molecule has 0 aromatic carbocycles. The minimum Gasteiger partial charge on any atom is -0.303 e. The molecule has 1 atom stereocenters. The summed E-state index contributed by atoms with van der Waals surface area (Å²) in [5, 5.41) is 0. The molecule has 1 nitrogen and oxygen atoms in total. The first-order valence-electron chi connectivity index (χ1n) is 11.9. The molecular weight excluding hydrogens is 316 g/mol. The van der Waals surface area contributed by atoms with Crippen LogP contribution >= 0.6 is 0 Å². The standard InChI is InChI=1S/C25H48O/c1-3-5-7-9-11-12-13-14-15-17-19-21-23-25(24-26)22-20-18-16-10-8-6-4-2/h16,18,24-25H,3-15,17,19-23H2,1-2H3/b18-16-. The largest absolute Gasteiger partial charge is 0.303 e. The number of aldehydes is 1. The molecule has 154 valence electrons. The zero-order chi connectivity index (χ0) is 19.1. The number of carbonyl (C=O) groups excluding carboxylic acids is 1. The highest BCUT2D eigenvalue weighted by Gasteiger charge is 2.05. The summed E-state index contributed by atoms with van der Waals surface area (Å²) in [5.74, 6) is 0.290. The first kappa shape index (κ1) is 25.4. The zero-order valence-corrected chi connectivity index (χ0v) is 18.2. The van der Waals surface area contributed by atoms with Crippen molar-refractivity contribution in [3.63, 3.8) is 0 Å². The lowest BCUT2D eigenvalue weighted by Gasteiger charge is -2.08. The van der Waals surface area contributed by atoms with Crippen molar-refractivity contribution >= 4 is 6.29 Å². The molecule has 0 amide bonds. The van der Waals surface area contributed by atoms with Crippen molar-refractivity contribution in [1.29, 1.82) is 0 Å². The van der Waals surface area contributed by atoms with Crippen LogP contribution in [0.25, 0.3) is 0 Å². The predicted molar refractivity (Wildman–Crippen MR) is 118 cm³/mol. The molecule has 0 saturated carbocycles. The summed E-state index contributed by atoms with van der Waals surface area (Å²) in [4.78, 5) is 11.2. The van der Waals surface area contributed by atoms with Gasteiger partial charge in [0.1, 0.15) is 6.29 Å². The molecule has 0 rings (SSSR count). The minimum absolute atomic E-state index is 0.290. The minimum atomic E-state index is 0.290. The molecule has 0 radical (unpaired) electrons. The number of hydrogen-bond donors (Lipinski definition) is 0. The molecule has 0 aromatic rings. The summed E-state index contributed by atoms with van der Waals surface area (Å²) < 4.78 is 0. The Kier molecular flexibility index (Phi) is 21.9. The van der Waals surface area contributed by atoms with Crippen molar-refractivity contribution in [3.8, 4) is 0 Å². The first-order valence-corrected chi connectivity index (χ1v) is 11.9. The maximum Gasteiger partial charge on any atom is 0.123 e. The van der Waals surface area contributed by atoms with Crippen LogP contribution in [-0.2, 0) is 4.79 Å². The fourth-order valence-electron chi connectivity index (χ4n) is 3.59. The smallest absolute Gasteiger partial charge is 0.123 e. The van der Waals surface area contributed by atoms with E-state index in [1.165, 1.54) is 109 Å². The second-order valence-electron chi connectivity index (χ2n) is 8.12. The SMILES string of the molecule is CCCCC/C=C\CCC(C=O)CCCCCCCCCCCCCC. The lowest BCUT2D eigenvalue weighted by atomic mass is 9.96. The lowest BCUT2D eigenvalue weighted by Crippen LogP contribution is -2.01. The Morgan fingerprint density at radius 2 is 1.00 bits per heavy atom. The van der Waals surface area contributed by atoms with Crippen LogP contribution in [0.5, 0.6) is 0 Å². The van der Waals surface area contributed by atoms with E-state index in [1.807, 2.05) is 0 Å². The molecule has 26 heavy (non-hydrogen) atoms. The van der Waals surface area contributed by atoms with E-state index in [-0.39, 0.29) is 0 Å². The number of rotatable bonds is 21. The average molecular weight is 365 g/mol. The number of allylic oxidation sites excluding steroid dienone is 2. The van der Waals surface area contributed by atoms with E-state index in [0.717, 1.165) is 19.3 Å². The van der Waals surface area contributed by atoms with Gasteiger partial charge in [-0.15, -0.1) is 0 Å². The fourth-order valence-corrected chi connectivity index (χ4v) is 3.59. The maximum absolute atomic E-state index is 11.2.